The van der Waals surface area contributed by atoms with E-state index in [1.807, 2.05) is 43.3 Å². The molecule has 0 N–H and O–H groups in total. The van der Waals surface area contributed by atoms with E-state index in [9.17, 15) is 14.9 Å². The van der Waals surface area contributed by atoms with Gasteiger partial charge in [0.1, 0.15) is 5.75 Å². The average molecular weight is 327 g/mol. The van der Waals surface area contributed by atoms with Gasteiger partial charge in [-0.05, 0) is 43.2 Å². The molecule has 0 aliphatic heterocycles. The fourth-order valence-corrected chi connectivity index (χ4v) is 3.06. The molecular weight excluding hydrogens is 310 g/mol. The molecule has 0 bridgehead atoms. The van der Waals surface area contributed by atoms with Gasteiger partial charge in [0.2, 0.25) is 0 Å². The van der Waals surface area contributed by atoms with Crippen LogP contribution in [0.4, 0.5) is 0 Å². The predicted molar refractivity (Wildman–Crippen MR) is 88.8 cm³/mol. The highest BCUT2D eigenvalue weighted by molar-refractivity contribution is 7.14. The van der Waals surface area contributed by atoms with Crippen LogP contribution in [0.1, 0.15) is 26.5 Å². The highest BCUT2D eigenvalue weighted by Gasteiger charge is 2.27. The van der Waals surface area contributed by atoms with E-state index in [1.165, 1.54) is 11.3 Å². The Morgan fingerprint density at radius 3 is 2.70 bits per heavy atom. The lowest BCUT2D eigenvalue weighted by molar-refractivity contribution is -0.120. The summed E-state index contributed by atoms with van der Waals surface area (Å²) >= 11 is 1.31. The minimum atomic E-state index is -1.22. The minimum absolute atomic E-state index is 0.154. The number of carbonyl (C=O) groups is 2. The largest absolute Gasteiger partial charge is 0.497 e. The summed E-state index contributed by atoms with van der Waals surface area (Å²) in [7, 11) is 1.58. The van der Waals surface area contributed by atoms with Crippen molar-refractivity contribution in [1.82, 2.24) is 0 Å². The summed E-state index contributed by atoms with van der Waals surface area (Å²) in [6, 6.07) is 12.7. The highest BCUT2D eigenvalue weighted by Crippen LogP contribution is 2.21. The lowest BCUT2D eigenvalue weighted by atomic mass is 9.94. The molecular formula is C18H17NO3S. The van der Waals surface area contributed by atoms with Gasteiger partial charge in [0.15, 0.2) is 17.5 Å². The molecule has 0 aliphatic carbocycles. The number of ether oxygens (including phenoxy) is 1. The summed E-state index contributed by atoms with van der Waals surface area (Å²) in [5.74, 6) is -1.25. The highest BCUT2D eigenvalue weighted by atomic mass is 32.1. The Labute approximate surface area is 139 Å². The monoisotopic (exact) mass is 327 g/mol. The van der Waals surface area contributed by atoms with Crippen molar-refractivity contribution in [2.75, 3.05) is 7.11 Å². The van der Waals surface area contributed by atoms with Crippen molar-refractivity contribution in [3.8, 4) is 11.8 Å². The molecule has 0 radical (unpaired) electrons. The number of aryl methyl sites for hydroxylation is 2. The average Bonchev–Trinajstić information content (AvgIpc) is 3.00. The van der Waals surface area contributed by atoms with Crippen molar-refractivity contribution in [2.45, 2.75) is 19.8 Å². The van der Waals surface area contributed by atoms with E-state index in [0.29, 0.717) is 11.3 Å². The van der Waals surface area contributed by atoms with Gasteiger partial charge in [-0.25, -0.2) is 0 Å². The third-order valence-corrected chi connectivity index (χ3v) is 4.51. The maximum atomic E-state index is 12.3. The number of Topliss-reactive ketones (excluding diaryl/α,β-unsaturated/α-hetero) is 2. The van der Waals surface area contributed by atoms with Crippen molar-refractivity contribution in [1.29, 1.82) is 5.26 Å². The number of nitriles is 1. The molecule has 0 fully saturated rings. The maximum absolute atomic E-state index is 12.3. The number of benzene rings is 1. The Balaban J connectivity index is 2.03. The van der Waals surface area contributed by atoms with Gasteiger partial charge in [0, 0.05) is 11.3 Å². The van der Waals surface area contributed by atoms with Gasteiger partial charge in [0.05, 0.1) is 18.1 Å². The van der Waals surface area contributed by atoms with Crippen LogP contribution in [0, 0.1) is 24.2 Å². The first-order valence-corrected chi connectivity index (χ1v) is 8.02. The number of thiophene rings is 1. The topological polar surface area (TPSA) is 67.2 Å². The van der Waals surface area contributed by atoms with E-state index in [2.05, 4.69) is 0 Å². The number of rotatable bonds is 7. The Morgan fingerprint density at radius 1 is 1.30 bits per heavy atom. The van der Waals surface area contributed by atoms with Crippen LogP contribution in [0.3, 0.4) is 0 Å². The van der Waals surface area contributed by atoms with Gasteiger partial charge in [-0.2, -0.15) is 5.26 Å². The number of hydrogen-bond acceptors (Lipinski definition) is 5. The first-order valence-electron chi connectivity index (χ1n) is 7.21. The second-order valence-corrected chi connectivity index (χ2v) is 6.44. The van der Waals surface area contributed by atoms with Crippen molar-refractivity contribution in [2.24, 2.45) is 5.92 Å². The van der Waals surface area contributed by atoms with Gasteiger partial charge in [-0.15, -0.1) is 11.3 Å². The van der Waals surface area contributed by atoms with Crippen molar-refractivity contribution >= 4 is 22.9 Å². The fourth-order valence-electron chi connectivity index (χ4n) is 2.23. The van der Waals surface area contributed by atoms with Gasteiger partial charge < -0.3 is 4.74 Å². The quantitative estimate of drug-likeness (QED) is 0.576. The summed E-state index contributed by atoms with van der Waals surface area (Å²) in [5, 5.41) is 9.21. The van der Waals surface area contributed by atoms with E-state index >= 15 is 0 Å². The van der Waals surface area contributed by atoms with Crippen LogP contribution >= 0.6 is 11.3 Å². The number of methoxy groups -OCH3 is 1. The zero-order valence-corrected chi connectivity index (χ0v) is 13.9. The normalized spacial score (nSPS) is 11.5. The van der Waals surface area contributed by atoms with Crippen molar-refractivity contribution < 1.29 is 14.3 Å². The van der Waals surface area contributed by atoms with Crippen LogP contribution in [0.2, 0.25) is 0 Å². The molecule has 0 saturated carbocycles. The summed E-state index contributed by atoms with van der Waals surface area (Å²) in [6.45, 7) is 1.88. The lowest BCUT2D eigenvalue weighted by Gasteiger charge is -2.07. The maximum Gasteiger partial charge on any atom is 0.197 e. The van der Waals surface area contributed by atoms with Crippen LogP contribution in [0.25, 0.3) is 0 Å². The third kappa shape index (κ3) is 4.27. The van der Waals surface area contributed by atoms with Gasteiger partial charge in [0.25, 0.3) is 0 Å². The second-order valence-electron chi connectivity index (χ2n) is 5.15. The Kier molecular flexibility index (Phi) is 5.67. The molecule has 2 aromatic rings. The zero-order valence-electron chi connectivity index (χ0n) is 13.0. The SMILES string of the molecule is COc1cccc(CCC(=O)[C@@H](C#N)C(=O)c2ccc(C)s2)c1. The molecule has 0 amide bonds. The molecule has 0 unspecified atom stereocenters. The Morgan fingerprint density at radius 2 is 2.09 bits per heavy atom. The van der Waals surface area contributed by atoms with Gasteiger partial charge in [-0.1, -0.05) is 12.1 Å². The lowest BCUT2D eigenvalue weighted by Crippen LogP contribution is -2.22. The zero-order chi connectivity index (χ0) is 16.8. The van der Waals surface area contributed by atoms with Crippen LogP contribution in [-0.2, 0) is 11.2 Å². The van der Waals surface area contributed by atoms with Crippen LogP contribution in [0.5, 0.6) is 5.75 Å². The molecule has 0 aliphatic rings. The molecule has 23 heavy (non-hydrogen) atoms. The molecule has 5 heteroatoms. The second kappa shape index (κ2) is 7.70. The van der Waals surface area contributed by atoms with Crippen LogP contribution in [0.15, 0.2) is 36.4 Å². The molecule has 118 valence electrons. The van der Waals surface area contributed by atoms with E-state index in [0.717, 1.165) is 16.2 Å². The Hall–Kier alpha value is -2.45. The number of hydrogen-bond donors (Lipinski definition) is 0. The van der Waals surface area contributed by atoms with Gasteiger partial charge >= 0.3 is 0 Å². The first kappa shape index (κ1) is 16.9. The molecule has 0 saturated heterocycles. The predicted octanol–water partition coefficient (Wildman–Crippen LogP) is 3.59. The van der Waals surface area contributed by atoms with E-state index in [1.54, 1.807) is 13.2 Å². The van der Waals surface area contributed by atoms with E-state index < -0.39 is 11.7 Å². The summed E-state index contributed by atoms with van der Waals surface area (Å²) in [6.07, 6.45) is 0.631. The molecule has 2 rings (SSSR count). The van der Waals surface area contributed by atoms with E-state index in [-0.39, 0.29) is 12.2 Å². The molecule has 1 aromatic heterocycles. The molecule has 4 nitrogen and oxygen atoms in total. The molecule has 1 heterocycles. The van der Waals surface area contributed by atoms with Crippen LogP contribution < -0.4 is 4.74 Å². The number of ketones is 2. The van der Waals surface area contributed by atoms with E-state index in [4.69, 9.17) is 4.74 Å². The Bertz CT molecular complexity index is 758. The smallest absolute Gasteiger partial charge is 0.197 e. The summed E-state index contributed by atoms with van der Waals surface area (Å²) in [5.41, 5.74) is 0.939. The number of nitrogens with zero attached hydrogens (tertiary/aromatic N) is 1. The molecule has 1 atom stereocenters. The first-order chi connectivity index (χ1) is 11.0. The fraction of sp³-hybridized carbons (Fsp3) is 0.278. The van der Waals surface area contributed by atoms with Gasteiger partial charge in [-0.3, -0.25) is 9.59 Å². The standard InChI is InChI=1S/C18H17NO3S/c1-12-6-9-17(23-12)18(21)15(11-19)16(20)8-7-13-4-3-5-14(10-13)22-2/h3-6,9-10,15H,7-8H2,1-2H3/t15-/m1/s1. The summed E-state index contributed by atoms with van der Waals surface area (Å²) < 4.78 is 5.14. The van der Waals surface area contributed by atoms with Crippen molar-refractivity contribution in [3.63, 3.8) is 0 Å². The minimum Gasteiger partial charge on any atom is -0.497 e. The third-order valence-electron chi connectivity index (χ3n) is 3.49. The number of carbonyl (C=O) groups excluding carboxylic acids is 2. The summed E-state index contributed by atoms with van der Waals surface area (Å²) in [4.78, 5) is 26.0. The van der Waals surface area contributed by atoms with Crippen molar-refractivity contribution in [3.05, 3.63) is 51.7 Å². The molecule has 1 aromatic carbocycles. The van der Waals surface area contributed by atoms with Crippen LogP contribution in [-0.4, -0.2) is 18.7 Å². The molecule has 0 spiro atoms.